The van der Waals surface area contributed by atoms with E-state index in [-0.39, 0.29) is 11.8 Å². The lowest BCUT2D eigenvalue weighted by Gasteiger charge is -2.27. The molecule has 1 amide bonds. The van der Waals surface area contributed by atoms with Crippen LogP contribution in [0.25, 0.3) is 10.6 Å². The summed E-state index contributed by atoms with van der Waals surface area (Å²) >= 11 is 1.49. The Labute approximate surface area is 185 Å². The number of hydrogen-bond donors (Lipinski definition) is 1. The number of rotatable bonds is 6. The van der Waals surface area contributed by atoms with Crippen molar-refractivity contribution in [1.82, 2.24) is 20.5 Å². The van der Waals surface area contributed by atoms with Crippen LogP contribution in [0, 0.1) is 6.92 Å². The predicted molar refractivity (Wildman–Crippen MR) is 110 cm³/mol. The van der Waals surface area contributed by atoms with Crippen molar-refractivity contribution < 1.29 is 27.4 Å². The van der Waals surface area contributed by atoms with Crippen molar-refractivity contribution in [3.8, 4) is 16.3 Å². The molecule has 0 radical (unpaired) electrons. The topological polar surface area (TPSA) is 86.2 Å². The normalized spacial score (nSPS) is 15.2. The molecule has 32 heavy (non-hydrogen) atoms. The van der Waals surface area contributed by atoms with Gasteiger partial charge in [-0.3, -0.25) is 4.79 Å². The van der Waals surface area contributed by atoms with Crippen LogP contribution in [-0.4, -0.2) is 40.4 Å². The van der Waals surface area contributed by atoms with Gasteiger partial charge in [0.05, 0.1) is 24.9 Å². The summed E-state index contributed by atoms with van der Waals surface area (Å²) < 4.78 is 49.1. The van der Waals surface area contributed by atoms with E-state index in [2.05, 4.69) is 20.5 Å². The highest BCUT2D eigenvalue weighted by molar-refractivity contribution is 7.14. The molecule has 1 fully saturated rings. The van der Waals surface area contributed by atoms with E-state index in [4.69, 9.17) is 9.47 Å². The number of amides is 1. The Bertz CT molecular complexity index is 1110. The number of benzene rings is 1. The summed E-state index contributed by atoms with van der Waals surface area (Å²) in [7, 11) is 0. The number of ether oxygens (including phenoxy) is 2. The average molecular weight is 464 g/mol. The van der Waals surface area contributed by atoms with Crippen molar-refractivity contribution in [2.24, 2.45) is 0 Å². The third-order valence-electron chi connectivity index (χ3n) is 4.71. The zero-order valence-electron chi connectivity index (χ0n) is 17.1. The minimum Gasteiger partial charge on any atom is -0.486 e. The maximum absolute atomic E-state index is 12.9. The van der Waals surface area contributed by atoms with Gasteiger partial charge >= 0.3 is 6.18 Å². The van der Waals surface area contributed by atoms with E-state index in [1.54, 1.807) is 25.3 Å². The summed E-state index contributed by atoms with van der Waals surface area (Å²) in [5.74, 6) is 0.0832. The molecule has 0 saturated carbocycles. The molecule has 1 saturated heterocycles. The van der Waals surface area contributed by atoms with Crippen molar-refractivity contribution >= 4 is 17.2 Å². The van der Waals surface area contributed by atoms with Crippen molar-refractivity contribution in [3.05, 3.63) is 58.4 Å². The predicted octanol–water partition coefficient (Wildman–Crippen LogP) is 4.20. The number of carbonyl (C=O) groups excluding carboxylic acids is 1. The number of thiazole rings is 1. The number of halogens is 3. The SMILES string of the molecule is Cc1cnc(-c2cc(OC3COC3)cc(C(=O)N[C@H](C)c3ccc(C(F)(F)F)nn3)c2)s1. The number of nitrogens with zero attached hydrogens (tertiary/aromatic N) is 3. The number of nitrogens with one attached hydrogen (secondary N) is 1. The van der Waals surface area contributed by atoms with Gasteiger partial charge in [-0.2, -0.15) is 18.3 Å². The Morgan fingerprint density at radius 1 is 1.25 bits per heavy atom. The van der Waals surface area contributed by atoms with Crippen LogP contribution in [0.2, 0.25) is 0 Å². The van der Waals surface area contributed by atoms with Crippen LogP contribution < -0.4 is 10.1 Å². The number of aromatic nitrogens is 3. The highest BCUT2D eigenvalue weighted by Crippen LogP contribution is 2.31. The molecule has 0 bridgehead atoms. The Morgan fingerprint density at radius 2 is 2.03 bits per heavy atom. The van der Waals surface area contributed by atoms with Gasteiger partial charge in [-0.1, -0.05) is 0 Å². The van der Waals surface area contributed by atoms with E-state index in [1.807, 2.05) is 13.0 Å². The minimum absolute atomic E-state index is 0.0828. The first-order chi connectivity index (χ1) is 15.2. The monoisotopic (exact) mass is 464 g/mol. The van der Waals surface area contributed by atoms with Gasteiger partial charge in [-0.05, 0) is 44.2 Å². The van der Waals surface area contributed by atoms with Crippen molar-refractivity contribution in [3.63, 3.8) is 0 Å². The number of carbonyl (C=O) groups is 1. The highest BCUT2D eigenvalue weighted by atomic mass is 32.1. The molecule has 1 N–H and O–H groups in total. The Hall–Kier alpha value is -3.05. The number of alkyl halides is 3. The molecule has 4 rings (SSSR count). The summed E-state index contributed by atoms with van der Waals surface area (Å²) in [5.41, 5.74) is 0.180. The van der Waals surface area contributed by atoms with Crippen LogP contribution in [-0.2, 0) is 10.9 Å². The van der Waals surface area contributed by atoms with Gasteiger partial charge in [0, 0.05) is 22.2 Å². The molecule has 11 heteroatoms. The Kier molecular flexibility index (Phi) is 6.11. The molecule has 168 valence electrons. The fourth-order valence-electron chi connectivity index (χ4n) is 2.96. The quantitative estimate of drug-likeness (QED) is 0.589. The van der Waals surface area contributed by atoms with Gasteiger partial charge in [0.1, 0.15) is 16.9 Å². The standard InChI is InChI=1S/C21H19F3N4O3S/c1-11-8-25-20(32-11)14-5-13(6-15(7-14)31-16-9-30-10-16)19(29)26-12(2)17-3-4-18(28-27-17)21(22,23)24/h3-8,12,16H,9-10H2,1-2H3,(H,26,29)/t12-/m1/s1. The first-order valence-electron chi connectivity index (χ1n) is 9.73. The molecular weight excluding hydrogens is 445 g/mol. The van der Waals surface area contributed by atoms with E-state index in [0.717, 1.165) is 21.5 Å². The number of hydrogen-bond acceptors (Lipinski definition) is 7. The van der Waals surface area contributed by atoms with Crippen LogP contribution in [0.5, 0.6) is 5.75 Å². The maximum atomic E-state index is 12.9. The third-order valence-corrected chi connectivity index (χ3v) is 5.68. The van der Waals surface area contributed by atoms with Crippen LogP contribution in [0.3, 0.4) is 0 Å². The molecule has 0 unspecified atom stereocenters. The molecule has 7 nitrogen and oxygen atoms in total. The van der Waals surface area contributed by atoms with Gasteiger partial charge in [-0.25, -0.2) is 4.98 Å². The van der Waals surface area contributed by atoms with E-state index >= 15 is 0 Å². The van der Waals surface area contributed by atoms with Gasteiger partial charge in [0.15, 0.2) is 5.69 Å². The van der Waals surface area contributed by atoms with Crippen LogP contribution >= 0.6 is 11.3 Å². The molecule has 3 aromatic rings. The molecule has 0 spiro atoms. The summed E-state index contributed by atoms with van der Waals surface area (Å²) in [6.07, 6.45) is -2.91. The lowest BCUT2D eigenvalue weighted by molar-refractivity contribution is -0.141. The Balaban J connectivity index is 1.55. The first-order valence-corrected chi connectivity index (χ1v) is 10.5. The van der Waals surface area contributed by atoms with Crippen molar-refractivity contribution in [2.75, 3.05) is 13.2 Å². The second kappa shape index (κ2) is 8.83. The number of aryl methyl sites for hydroxylation is 1. The molecule has 1 aromatic carbocycles. The first kappa shape index (κ1) is 22.2. The molecule has 3 heterocycles. The van der Waals surface area contributed by atoms with Gasteiger partial charge in [-0.15, -0.1) is 16.4 Å². The maximum Gasteiger partial charge on any atom is 0.435 e. The average Bonchev–Trinajstić information content (AvgIpc) is 3.16. The van der Waals surface area contributed by atoms with E-state index in [9.17, 15) is 18.0 Å². The van der Waals surface area contributed by atoms with Crippen molar-refractivity contribution in [1.29, 1.82) is 0 Å². The lowest BCUT2D eigenvalue weighted by atomic mass is 10.1. The van der Waals surface area contributed by atoms with Gasteiger partial charge in [0.25, 0.3) is 5.91 Å². The van der Waals surface area contributed by atoms with E-state index in [0.29, 0.717) is 24.5 Å². The summed E-state index contributed by atoms with van der Waals surface area (Å²) in [6, 6.07) is 6.50. The lowest BCUT2D eigenvalue weighted by Crippen LogP contribution is -2.38. The van der Waals surface area contributed by atoms with Gasteiger partial charge in [0.2, 0.25) is 0 Å². The zero-order valence-corrected chi connectivity index (χ0v) is 18.0. The molecule has 2 aromatic heterocycles. The third kappa shape index (κ3) is 5.05. The molecular formula is C21H19F3N4O3S. The molecule has 1 aliphatic rings. The Morgan fingerprint density at radius 3 is 2.59 bits per heavy atom. The molecule has 0 aliphatic carbocycles. The summed E-state index contributed by atoms with van der Waals surface area (Å²) in [5, 5.41) is 10.3. The fraction of sp³-hybridized carbons (Fsp3) is 0.333. The van der Waals surface area contributed by atoms with Crippen LogP contribution in [0.1, 0.15) is 39.6 Å². The molecule has 1 atom stereocenters. The van der Waals surface area contributed by atoms with Gasteiger partial charge < -0.3 is 14.8 Å². The fourth-order valence-corrected chi connectivity index (χ4v) is 3.71. The summed E-state index contributed by atoms with van der Waals surface area (Å²) in [6.45, 7) is 4.51. The van der Waals surface area contributed by atoms with Crippen LogP contribution in [0.4, 0.5) is 13.2 Å². The largest absolute Gasteiger partial charge is 0.486 e. The highest BCUT2D eigenvalue weighted by Gasteiger charge is 2.33. The van der Waals surface area contributed by atoms with Crippen molar-refractivity contribution in [2.45, 2.75) is 32.2 Å². The molecule has 1 aliphatic heterocycles. The zero-order chi connectivity index (χ0) is 22.9. The van der Waals surface area contributed by atoms with E-state index in [1.165, 1.54) is 17.4 Å². The van der Waals surface area contributed by atoms with E-state index < -0.39 is 23.8 Å². The minimum atomic E-state index is -4.57. The smallest absolute Gasteiger partial charge is 0.435 e. The van der Waals surface area contributed by atoms with Crippen LogP contribution in [0.15, 0.2) is 36.5 Å². The summed E-state index contributed by atoms with van der Waals surface area (Å²) in [4.78, 5) is 18.3. The second-order valence-electron chi connectivity index (χ2n) is 7.34. The second-order valence-corrected chi connectivity index (χ2v) is 8.57.